The SMILES string of the molecule is CCc1ccccc1C(=O)Nc1cccc(C(C)N)c1. The smallest absolute Gasteiger partial charge is 0.255 e. The molecule has 2 rings (SSSR count). The summed E-state index contributed by atoms with van der Waals surface area (Å²) in [6, 6.07) is 15.3. The zero-order valence-corrected chi connectivity index (χ0v) is 11.9. The van der Waals surface area contributed by atoms with Gasteiger partial charge in [-0.1, -0.05) is 37.3 Å². The Bertz CT molecular complexity index is 605. The van der Waals surface area contributed by atoms with Crippen molar-refractivity contribution in [2.75, 3.05) is 5.32 Å². The Balaban J connectivity index is 2.21. The Morgan fingerprint density at radius 3 is 2.65 bits per heavy atom. The molecule has 0 aliphatic heterocycles. The maximum Gasteiger partial charge on any atom is 0.255 e. The van der Waals surface area contributed by atoms with E-state index < -0.39 is 0 Å². The lowest BCUT2D eigenvalue weighted by molar-refractivity contribution is 0.102. The van der Waals surface area contributed by atoms with E-state index in [0.29, 0.717) is 0 Å². The maximum absolute atomic E-state index is 12.3. The van der Waals surface area contributed by atoms with E-state index in [1.54, 1.807) is 0 Å². The van der Waals surface area contributed by atoms with E-state index in [0.717, 1.165) is 28.8 Å². The third-order valence-corrected chi connectivity index (χ3v) is 3.31. The van der Waals surface area contributed by atoms with Crippen LogP contribution in [0.4, 0.5) is 5.69 Å². The Hall–Kier alpha value is -2.13. The predicted molar refractivity (Wildman–Crippen MR) is 82.8 cm³/mol. The van der Waals surface area contributed by atoms with Crippen LogP contribution in [0.5, 0.6) is 0 Å². The number of rotatable bonds is 4. The van der Waals surface area contributed by atoms with Gasteiger partial charge in [-0.05, 0) is 42.7 Å². The number of hydrogen-bond donors (Lipinski definition) is 2. The Morgan fingerprint density at radius 2 is 1.95 bits per heavy atom. The molecule has 3 N–H and O–H groups in total. The second kappa shape index (κ2) is 6.35. The van der Waals surface area contributed by atoms with Crippen LogP contribution in [0.3, 0.4) is 0 Å². The van der Waals surface area contributed by atoms with E-state index in [-0.39, 0.29) is 11.9 Å². The highest BCUT2D eigenvalue weighted by atomic mass is 16.1. The number of carbonyl (C=O) groups excluding carboxylic acids is 1. The first-order valence-electron chi connectivity index (χ1n) is 6.86. The number of anilines is 1. The second-order valence-electron chi connectivity index (χ2n) is 4.88. The van der Waals surface area contributed by atoms with Gasteiger partial charge in [0.1, 0.15) is 0 Å². The van der Waals surface area contributed by atoms with Crippen LogP contribution in [0.1, 0.15) is 41.4 Å². The van der Waals surface area contributed by atoms with Crippen LogP contribution >= 0.6 is 0 Å². The molecule has 20 heavy (non-hydrogen) atoms. The highest BCUT2D eigenvalue weighted by Crippen LogP contribution is 2.17. The fourth-order valence-corrected chi connectivity index (χ4v) is 2.15. The largest absolute Gasteiger partial charge is 0.324 e. The first kappa shape index (κ1) is 14.3. The van der Waals surface area contributed by atoms with Crippen LogP contribution in [0.25, 0.3) is 0 Å². The summed E-state index contributed by atoms with van der Waals surface area (Å²) in [6.45, 7) is 3.97. The number of carbonyl (C=O) groups is 1. The quantitative estimate of drug-likeness (QED) is 0.891. The van der Waals surface area contributed by atoms with Gasteiger partial charge in [-0.25, -0.2) is 0 Å². The van der Waals surface area contributed by atoms with E-state index in [9.17, 15) is 4.79 Å². The molecule has 0 fully saturated rings. The third kappa shape index (κ3) is 3.25. The van der Waals surface area contributed by atoms with Crippen LogP contribution in [-0.2, 0) is 6.42 Å². The molecule has 1 amide bonds. The third-order valence-electron chi connectivity index (χ3n) is 3.31. The van der Waals surface area contributed by atoms with E-state index in [1.807, 2.05) is 62.4 Å². The molecule has 3 heteroatoms. The average Bonchev–Trinajstić information content (AvgIpc) is 2.47. The maximum atomic E-state index is 12.3. The Labute approximate surface area is 119 Å². The zero-order valence-electron chi connectivity index (χ0n) is 11.9. The molecular formula is C17H20N2O. The van der Waals surface area contributed by atoms with Gasteiger partial charge < -0.3 is 11.1 Å². The zero-order chi connectivity index (χ0) is 14.5. The molecule has 2 aromatic carbocycles. The molecule has 0 radical (unpaired) electrons. The van der Waals surface area contributed by atoms with Gasteiger partial charge in [-0.2, -0.15) is 0 Å². The summed E-state index contributed by atoms with van der Waals surface area (Å²) >= 11 is 0. The standard InChI is InChI=1S/C17H20N2O/c1-3-13-7-4-5-10-16(13)17(20)19-15-9-6-8-14(11-15)12(2)18/h4-12H,3,18H2,1-2H3,(H,19,20). The minimum absolute atomic E-state index is 0.0465. The van der Waals surface area contributed by atoms with Crippen molar-refractivity contribution in [1.29, 1.82) is 0 Å². The van der Waals surface area contributed by atoms with E-state index in [4.69, 9.17) is 5.73 Å². The molecule has 0 aliphatic carbocycles. The number of nitrogens with two attached hydrogens (primary N) is 1. The molecule has 0 heterocycles. The molecule has 0 saturated heterocycles. The molecule has 0 aliphatic rings. The van der Waals surface area contributed by atoms with Crippen LogP contribution in [0, 0.1) is 0 Å². The van der Waals surface area contributed by atoms with Crippen molar-refractivity contribution in [3.8, 4) is 0 Å². The molecule has 1 atom stereocenters. The first-order chi connectivity index (χ1) is 9.61. The average molecular weight is 268 g/mol. The van der Waals surface area contributed by atoms with Crippen molar-refractivity contribution < 1.29 is 4.79 Å². The summed E-state index contributed by atoms with van der Waals surface area (Å²) in [5.41, 5.74) is 9.41. The molecule has 0 saturated carbocycles. The summed E-state index contributed by atoms with van der Waals surface area (Å²) in [6.07, 6.45) is 0.837. The van der Waals surface area contributed by atoms with Crippen molar-refractivity contribution in [3.05, 3.63) is 65.2 Å². The lowest BCUT2D eigenvalue weighted by Crippen LogP contribution is -2.14. The van der Waals surface area contributed by atoms with Crippen molar-refractivity contribution >= 4 is 11.6 Å². The highest BCUT2D eigenvalue weighted by Gasteiger charge is 2.10. The van der Waals surface area contributed by atoms with Crippen molar-refractivity contribution in [3.63, 3.8) is 0 Å². The van der Waals surface area contributed by atoms with Crippen LogP contribution in [0.15, 0.2) is 48.5 Å². The molecule has 0 bridgehead atoms. The van der Waals surface area contributed by atoms with Gasteiger partial charge in [0.15, 0.2) is 0 Å². The van der Waals surface area contributed by atoms with Gasteiger partial charge >= 0.3 is 0 Å². The van der Waals surface area contributed by atoms with Gasteiger partial charge in [0.2, 0.25) is 0 Å². The molecule has 104 valence electrons. The lowest BCUT2D eigenvalue weighted by Gasteiger charge is -2.11. The monoisotopic (exact) mass is 268 g/mol. The lowest BCUT2D eigenvalue weighted by atomic mass is 10.0. The topological polar surface area (TPSA) is 55.1 Å². The second-order valence-corrected chi connectivity index (χ2v) is 4.88. The summed E-state index contributed by atoms with van der Waals surface area (Å²) in [4.78, 5) is 12.3. The normalized spacial score (nSPS) is 11.9. The van der Waals surface area contributed by atoms with Gasteiger partial charge in [0.05, 0.1) is 0 Å². The number of aryl methyl sites for hydroxylation is 1. The number of benzene rings is 2. The summed E-state index contributed by atoms with van der Waals surface area (Å²) in [7, 11) is 0. The number of amides is 1. The molecule has 2 aromatic rings. The summed E-state index contributed by atoms with van der Waals surface area (Å²) in [5, 5.41) is 2.93. The van der Waals surface area contributed by atoms with E-state index in [2.05, 4.69) is 5.32 Å². The van der Waals surface area contributed by atoms with Crippen molar-refractivity contribution in [2.45, 2.75) is 26.3 Å². The number of nitrogens with one attached hydrogen (secondary N) is 1. The molecule has 3 nitrogen and oxygen atoms in total. The van der Waals surface area contributed by atoms with Crippen LogP contribution in [-0.4, -0.2) is 5.91 Å². The van der Waals surface area contributed by atoms with Crippen molar-refractivity contribution in [2.24, 2.45) is 5.73 Å². The minimum Gasteiger partial charge on any atom is -0.324 e. The summed E-state index contributed by atoms with van der Waals surface area (Å²) < 4.78 is 0. The Kier molecular flexibility index (Phi) is 4.53. The van der Waals surface area contributed by atoms with Crippen LogP contribution in [0.2, 0.25) is 0 Å². The number of hydrogen-bond acceptors (Lipinski definition) is 2. The van der Waals surface area contributed by atoms with Gasteiger partial charge in [-0.3, -0.25) is 4.79 Å². The molecular weight excluding hydrogens is 248 g/mol. The van der Waals surface area contributed by atoms with Gasteiger partial charge in [-0.15, -0.1) is 0 Å². The fraction of sp³-hybridized carbons (Fsp3) is 0.235. The van der Waals surface area contributed by atoms with E-state index >= 15 is 0 Å². The molecule has 1 unspecified atom stereocenters. The minimum atomic E-state index is -0.0794. The Morgan fingerprint density at radius 1 is 1.20 bits per heavy atom. The van der Waals surface area contributed by atoms with Gasteiger partial charge in [0, 0.05) is 17.3 Å². The van der Waals surface area contributed by atoms with Crippen LogP contribution < -0.4 is 11.1 Å². The highest BCUT2D eigenvalue weighted by molar-refractivity contribution is 6.05. The summed E-state index contributed by atoms with van der Waals surface area (Å²) in [5.74, 6) is -0.0794. The van der Waals surface area contributed by atoms with E-state index in [1.165, 1.54) is 0 Å². The molecule has 0 spiro atoms. The first-order valence-corrected chi connectivity index (χ1v) is 6.86. The van der Waals surface area contributed by atoms with Crippen molar-refractivity contribution in [1.82, 2.24) is 0 Å². The molecule has 0 aromatic heterocycles. The fourth-order valence-electron chi connectivity index (χ4n) is 2.15. The van der Waals surface area contributed by atoms with Gasteiger partial charge in [0.25, 0.3) is 5.91 Å². The predicted octanol–water partition coefficient (Wildman–Crippen LogP) is 3.52.